The lowest BCUT2D eigenvalue weighted by atomic mass is 9.72. The highest BCUT2D eigenvalue weighted by atomic mass is 19.3. The Balaban J connectivity index is 0.000000736. The van der Waals surface area contributed by atoms with Gasteiger partial charge in [-0.1, -0.05) is 77.3 Å². The molecule has 7 heteroatoms. The topological polar surface area (TPSA) is 101 Å². The van der Waals surface area contributed by atoms with Crippen molar-refractivity contribution in [1.29, 1.82) is 16.1 Å². The van der Waals surface area contributed by atoms with Crippen LogP contribution in [0.1, 0.15) is 156 Å². The normalized spacial score (nSPS) is 16.8. The molecular formula is C39H60F2N4O. The van der Waals surface area contributed by atoms with Gasteiger partial charge in [0, 0.05) is 29.5 Å². The second kappa shape index (κ2) is 24.9. The summed E-state index contributed by atoms with van der Waals surface area (Å²) in [7, 11) is 0. The largest absolute Gasteiger partial charge is 0.313 e. The Labute approximate surface area is 278 Å². The van der Waals surface area contributed by atoms with Crippen molar-refractivity contribution in [2.75, 3.05) is 6.54 Å². The number of carbonyl (C=O) groups excluding carboxylic acids is 1. The molecule has 1 atom stereocenters. The minimum atomic E-state index is -2.55. The van der Waals surface area contributed by atoms with Gasteiger partial charge in [0.25, 0.3) is 6.43 Å². The molecule has 3 N–H and O–H groups in total. The average molecular weight is 639 g/mol. The second-order valence-corrected chi connectivity index (χ2v) is 11.7. The molecular weight excluding hydrogens is 578 g/mol. The lowest BCUT2D eigenvalue weighted by Gasteiger charge is -2.31. The van der Waals surface area contributed by atoms with Crippen LogP contribution in [0.25, 0.3) is 0 Å². The van der Waals surface area contributed by atoms with Gasteiger partial charge in [-0.25, -0.2) is 8.78 Å². The number of nitrogens with one attached hydrogen (secondary N) is 3. The number of hydrogen-bond donors (Lipinski definition) is 3. The summed E-state index contributed by atoms with van der Waals surface area (Å²) in [5.41, 5.74) is 4.50. The molecule has 0 amide bonds. The Bertz CT molecular complexity index is 1200. The van der Waals surface area contributed by atoms with Gasteiger partial charge >= 0.3 is 0 Å². The van der Waals surface area contributed by atoms with Crippen molar-refractivity contribution >= 4 is 18.2 Å². The van der Waals surface area contributed by atoms with E-state index in [1.54, 1.807) is 19.9 Å². The summed E-state index contributed by atoms with van der Waals surface area (Å²) in [6.07, 6.45) is 8.84. The van der Waals surface area contributed by atoms with E-state index in [0.29, 0.717) is 41.7 Å². The first kappa shape index (κ1) is 42.8. The predicted molar refractivity (Wildman–Crippen MR) is 191 cm³/mol. The van der Waals surface area contributed by atoms with E-state index in [1.807, 2.05) is 33.8 Å². The standard InChI is InChI=1S/C19H27F2NO.C12H13N.C4H9N.C2H5N.C2H6/c1-4-15-16(18(23)5-2)9-14(10-17(15)19(20)21)12(3)22-11-13-7-6-8-13;1-9-3-2-4-11(5-9)12-6-10(7-12)8-13;1-2-3-4-5;1-2-3;1-2/h9-10,12-13,19,22H,4-8,11H2,1-3H3;2-5,10,12H,6-7H2,1H3;4-5H,2-3H2,1H3;2-3H,1H3;1-2H3. The highest BCUT2D eigenvalue weighted by Crippen LogP contribution is 2.41. The molecule has 0 aromatic heterocycles. The predicted octanol–water partition coefficient (Wildman–Crippen LogP) is 11.4. The van der Waals surface area contributed by atoms with E-state index in [4.69, 9.17) is 16.1 Å². The lowest BCUT2D eigenvalue weighted by molar-refractivity contribution is 0.0986. The van der Waals surface area contributed by atoms with Gasteiger partial charge in [-0.15, -0.1) is 0 Å². The number of hydrogen-bond acceptors (Lipinski definition) is 5. The van der Waals surface area contributed by atoms with Gasteiger partial charge in [0.1, 0.15) is 0 Å². The third-order valence-corrected chi connectivity index (χ3v) is 8.22. The SMILES string of the molecule is CC.CC=N.CCC(=O)c1cc(C(C)NCC2CCC2)cc(C(F)F)c1CC.CCCC=N.Cc1cccc(C2CC(C#N)C2)c1. The Hall–Kier alpha value is -3.24. The Morgan fingerprint density at radius 3 is 2.15 bits per heavy atom. The van der Waals surface area contributed by atoms with Crippen molar-refractivity contribution < 1.29 is 13.6 Å². The van der Waals surface area contributed by atoms with Gasteiger partial charge in [0.05, 0.1) is 6.07 Å². The maximum Gasteiger partial charge on any atom is 0.264 e. The van der Waals surface area contributed by atoms with Crippen LogP contribution in [0, 0.1) is 40.9 Å². The van der Waals surface area contributed by atoms with E-state index in [2.05, 4.69) is 49.5 Å². The minimum Gasteiger partial charge on any atom is -0.313 e. The molecule has 4 rings (SSSR count). The molecule has 46 heavy (non-hydrogen) atoms. The third-order valence-electron chi connectivity index (χ3n) is 8.22. The molecule has 2 saturated carbocycles. The molecule has 2 fully saturated rings. The van der Waals surface area contributed by atoms with Crippen molar-refractivity contribution in [2.45, 2.75) is 132 Å². The molecule has 2 aromatic rings. The summed E-state index contributed by atoms with van der Waals surface area (Å²) >= 11 is 0. The van der Waals surface area contributed by atoms with Gasteiger partial charge < -0.3 is 16.1 Å². The van der Waals surface area contributed by atoms with Crippen LogP contribution < -0.4 is 5.32 Å². The smallest absolute Gasteiger partial charge is 0.264 e. The fourth-order valence-corrected chi connectivity index (χ4v) is 5.22. The Kier molecular flexibility index (Phi) is 23.2. The van der Waals surface area contributed by atoms with E-state index < -0.39 is 6.43 Å². The number of halogens is 2. The number of aryl methyl sites for hydroxylation is 1. The second-order valence-electron chi connectivity index (χ2n) is 11.7. The summed E-state index contributed by atoms with van der Waals surface area (Å²) < 4.78 is 26.9. The van der Waals surface area contributed by atoms with E-state index in [1.165, 1.54) is 42.8 Å². The number of ketones is 1. The molecule has 0 spiro atoms. The number of unbranched alkanes of at least 4 members (excludes halogenated alkanes) is 1. The summed E-state index contributed by atoms with van der Waals surface area (Å²) in [6.45, 7) is 16.3. The Morgan fingerprint density at radius 2 is 1.74 bits per heavy atom. The monoisotopic (exact) mass is 638 g/mol. The van der Waals surface area contributed by atoms with Crippen molar-refractivity contribution in [1.82, 2.24) is 5.32 Å². The van der Waals surface area contributed by atoms with Gasteiger partial charge in [-0.05, 0) is 119 Å². The van der Waals surface area contributed by atoms with Gasteiger partial charge in [0.2, 0.25) is 0 Å². The zero-order chi connectivity index (χ0) is 35.1. The molecule has 256 valence electrons. The van der Waals surface area contributed by atoms with Crippen LogP contribution in [0.3, 0.4) is 0 Å². The number of nitrogens with zero attached hydrogens (tertiary/aromatic N) is 1. The molecule has 0 heterocycles. The highest BCUT2D eigenvalue weighted by molar-refractivity contribution is 5.97. The van der Waals surface area contributed by atoms with Crippen molar-refractivity contribution in [3.8, 4) is 6.07 Å². The molecule has 2 aromatic carbocycles. The number of Topliss-reactive ketones (excluding diaryl/α,β-unsaturated/α-hetero) is 1. The molecule has 2 aliphatic rings. The first-order valence-corrected chi connectivity index (χ1v) is 17.2. The van der Waals surface area contributed by atoms with E-state index in [0.717, 1.165) is 37.8 Å². The zero-order valence-electron chi connectivity index (χ0n) is 29.7. The number of benzene rings is 2. The molecule has 2 aliphatic carbocycles. The summed E-state index contributed by atoms with van der Waals surface area (Å²) in [4.78, 5) is 12.2. The van der Waals surface area contributed by atoms with Crippen molar-refractivity contribution in [3.63, 3.8) is 0 Å². The van der Waals surface area contributed by atoms with Crippen molar-refractivity contribution in [3.05, 3.63) is 69.8 Å². The summed E-state index contributed by atoms with van der Waals surface area (Å²) in [6, 6.07) is 14.3. The van der Waals surface area contributed by atoms with Crippen LogP contribution in [0.5, 0.6) is 0 Å². The molecule has 0 radical (unpaired) electrons. The maximum absolute atomic E-state index is 13.5. The molecule has 0 aliphatic heterocycles. The van der Waals surface area contributed by atoms with Crippen LogP contribution in [0.2, 0.25) is 0 Å². The lowest BCUT2D eigenvalue weighted by Crippen LogP contribution is -2.29. The third kappa shape index (κ3) is 14.9. The first-order valence-electron chi connectivity index (χ1n) is 17.2. The number of nitriles is 1. The molecule has 5 nitrogen and oxygen atoms in total. The summed E-state index contributed by atoms with van der Waals surface area (Å²) in [5.74, 6) is 1.60. The van der Waals surface area contributed by atoms with Crippen LogP contribution in [0.15, 0.2) is 36.4 Å². The van der Waals surface area contributed by atoms with Crippen LogP contribution >= 0.6 is 0 Å². The summed E-state index contributed by atoms with van der Waals surface area (Å²) in [5, 5.41) is 24.6. The van der Waals surface area contributed by atoms with Crippen LogP contribution in [-0.4, -0.2) is 24.8 Å². The fourth-order valence-electron chi connectivity index (χ4n) is 5.22. The quantitative estimate of drug-likeness (QED) is 0.169. The van der Waals surface area contributed by atoms with Crippen molar-refractivity contribution in [2.24, 2.45) is 11.8 Å². The molecule has 0 saturated heterocycles. The zero-order valence-corrected chi connectivity index (χ0v) is 29.7. The first-order chi connectivity index (χ1) is 22.1. The van der Waals surface area contributed by atoms with Crippen LogP contribution in [0.4, 0.5) is 8.78 Å². The molecule has 0 bridgehead atoms. The van der Waals surface area contributed by atoms with Gasteiger partial charge in [0.15, 0.2) is 5.78 Å². The highest BCUT2D eigenvalue weighted by Gasteiger charge is 2.30. The average Bonchev–Trinajstić information content (AvgIpc) is 3.01. The van der Waals surface area contributed by atoms with Gasteiger partial charge in [-0.3, -0.25) is 4.79 Å². The van der Waals surface area contributed by atoms with E-state index >= 15 is 0 Å². The Morgan fingerprint density at radius 1 is 1.11 bits per heavy atom. The van der Waals surface area contributed by atoms with E-state index in [-0.39, 0.29) is 17.4 Å². The number of rotatable bonds is 11. The van der Waals surface area contributed by atoms with Crippen LogP contribution in [-0.2, 0) is 6.42 Å². The number of carbonyl (C=O) groups is 1. The maximum atomic E-state index is 13.5. The minimum absolute atomic E-state index is 0.0131. The molecule has 1 unspecified atom stereocenters. The fraction of sp³-hybridized carbons (Fsp3) is 0.590. The number of alkyl halides is 2. The van der Waals surface area contributed by atoms with Gasteiger partial charge in [-0.2, -0.15) is 5.26 Å². The van der Waals surface area contributed by atoms with E-state index in [9.17, 15) is 13.6 Å².